The summed E-state index contributed by atoms with van der Waals surface area (Å²) >= 11 is 0. The number of nitrogens with zero attached hydrogens (tertiary/aromatic N) is 1. The molecule has 1 aliphatic rings. The molecule has 1 N–H and O–H groups in total. The van der Waals surface area contributed by atoms with Crippen LogP contribution in [-0.2, 0) is 10.0 Å². The molecule has 1 aliphatic heterocycles. The number of rotatable bonds is 5. The first-order valence-electron chi connectivity index (χ1n) is 6.88. The molecular weight excluding hydrogens is 260 g/mol. The van der Waals surface area contributed by atoms with Gasteiger partial charge in [0.25, 0.3) is 0 Å². The van der Waals surface area contributed by atoms with Crippen molar-refractivity contribution < 1.29 is 8.42 Å². The second-order valence-corrected chi connectivity index (χ2v) is 7.02. The van der Waals surface area contributed by atoms with E-state index >= 15 is 0 Å². The van der Waals surface area contributed by atoms with Crippen LogP contribution in [0.25, 0.3) is 0 Å². The fourth-order valence-corrected chi connectivity index (χ4v) is 3.90. The Hall–Kier alpha value is -1.07. The first-order chi connectivity index (χ1) is 9.04. The smallest absolute Gasteiger partial charge is 0.235 e. The van der Waals surface area contributed by atoms with Crippen LogP contribution < -0.4 is 9.62 Å². The zero-order valence-electron chi connectivity index (χ0n) is 11.6. The molecule has 1 unspecified atom stereocenters. The Kier molecular flexibility index (Phi) is 4.47. The fraction of sp³-hybridized carbons (Fsp3) is 0.571. The molecule has 0 spiro atoms. The van der Waals surface area contributed by atoms with Gasteiger partial charge in [-0.25, -0.2) is 8.42 Å². The summed E-state index contributed by atoms with van der Waals surface area (Å²) in [4.78, 5) is 0. The zero-order valence-corrected chi connectivity index (χ0v) is 12.4. The monoisotopic (exact) mass is 282 g/mol. The van der Waals surface area contributed by atoms with Gasteiger partial charge in [0, 0.05) is 12.6 Å². The summed E-state index contributed by atoms with van der Waals surface area (Å²) in [5.74, 6) is 0.267. The highest BCUT2D eigenvalue weighted by atomic mass is 32.2. The van der Waals surface area contributed by atoms with Gasteiger partial charge in [-0.1, -0.05) is 19.1 Å². The Bertz CT molecular complexity index is 511. The maximum Gasteiger partial charge on any atom is 0.235 e. The van der Waals surface area contributed by atoms with Gasteiger partial charge in [-0.15, -0.1) is 0 Å². The number of nitrogens with one attached hydrogen (secondary N) is 1. The number of sulfonamides is 1. The predicted molar refractivity (Wildman–Crippen MR) is 78.9 cm³/mol. The maximum atomic E-state index is 11.8. The summed E-state index contributed by atoms with van der Waals surface area (Å²) in [6.45, 7) is 5.85. The Morgan fingerprint density at radius 2 is 2.00 bits per heavy atom. The lowest BCUT2D eigenvalue weighted by atomic mass is 10.1. The molecule has 1 heterocycles. The highest BCUT2D eigenvalue weighted by Gasteiger charge is 2.28. The third kappa shape index (κ3) is 3.28. The molecule has 1 aromatic rings. The summed E-state index contributed by atoms with van der Waals surface area (Å²) < 4.78 is 25.2. The van der Waals surface area contributed by atoms with Gasteiger partial charge in [0.2, 0.25) is 10.0 Å². The zero-order chi connectivity index (χ0) is 13.9. The number of benzene rings is 1. The van der Waals surface area contributed by atoms with Crippen molar-refractivity contribution >= 4 is 15.7 Å². The molecule has 1 atom stereocenters. The van der Waals surface area contributed by atoms with E-state index in [-0.39, 0.29) is 5.75 Å². The lowest BCUT2D eigenvalue weighted by Crippen LogP contribution is -2.25. The van der Waals surface area contributed by atoms with Crippen molar-refractivity contribution in [2.24, 2.45) is 0 Å². The average molecular weight is 282 g/mol. The third-order valence-electron chi connectivity index (χ3n) is 3.48. The minimum atomic E-state index is -3.07. The van der Waals surface area contributed by atoms with Gasteiger partial charge in [0.15, 0.2) is 0 Å². The van der Waals surface area contributed by atoms with Crippen molar-refractivity contribution in [3.8, 4) is 0 Å². The minimum Gasteiger partial charge on any atom is -0.310 e. The molecule has 0 aromatic heterocycles. The van der Waals surface area contributed by atoms with Crippen LogP contribution >= 0.6 is 0 Å². The van der Waals surface area contributed by atoms with Gasteiger partial charge in [-0.2, -0.15) is 0 Å². The van der Waals surface area contributed by atoms with Crippen LogP contribution in [0.3, 0.4) is 0 Å². The van der Waals surface area contributed by atoms with Crippen LogP contribution in [0.15, 0.2) is 24.3 Å². The largest absolute Gasteiger partial charge is 0.310 e. The Morgan fingerprint density at radius 1 is 1.32 bits per heavy atom. The highest BCUT2D eigenvalue weighted by molar-refractivity contribution is 7.93. The van der Waals surface area contributed by atoms with Crippen LogP contribution in [0.4, 0.5) is 5.69 Å². The third-order valence-corrected chi connectivity index (χ3v) is 5.35. The molecule has 0 amide bonds. The van der Waals surface area contributed by atoms with Crippen molar-refractivity contribution in [3.63, 3.8) is 0 Å². The van der Waals surface area contributed by atoms with Crippen molar-refractivity contribution in [2.75, 3.05) is 23.1 Å². The molecule has 2 rings (SSSR count). The number of hydrogen-bond acceptors (Lipinski definition) is 3. The first kappa shape index (κ1) is 14.3. The Labute approximate surface area is 115 Å². The Morgan fingerprint density at radius 3 is 2.53 bits per heavy atom. The molecule has 106 valence electrons. The van der Waals surface area contributed by atoms with E-state index < -0.39 is 10.0 Å². The lowest BCUT2D eigenvalue weighted by Gasteiger charge is -2.19. The van der Waals surface area contributed by atoms with E-state index in [2.05, 4.69) is 19.2 Å². The molecule has 0 radical (unpaired) electrons. The van der Waals surface area contributed by atoms with Crippen LogP contribution in [0.1, 0.15) is 38.3 Å². The average Bonchev–Trinajstić information content (AvgIpc) is 2.76. The molecule has 0 saturated carbocycles. The molecule has 1 fully saturated rings. The van der Waals surface area contributed by atoms with E-state index in [0.29, 0.717) is 12.6 Å². The lowest BCUT2D eigenvalue weighted by molar-refractivity contribution is 0.571. The first-order valence-corrected chi connectivity index (χ1v) is 8.49. The van der Waals surface area contributed by atoms with E-state index in [1.54, 1.807) is 0 Å². The topological polar surface area (TPSA) is 49.4 Å². The molecule has 1 saturated heterocycles. The summed E-state index contributed by atoms with van der Waals surface area (Å²) in [6, 6.07) is 8.13. The van der Waals surface area contributed by atoms with E-state index in [9.17, 15) is 8.42 Å². The van der Waals surface area contributed by atoms with Crippen LogP contribution in [-0.4, -0.2) is 27.3 Å². The highest BCUT2D eigenvalue weighted by Crippen LogP contribution is 2.25. The minimum absolute atomic E-state index is 0.267. The standard InChI is InChI=1S/C14H22N2O2S/c1-3-9-15-12(2)13-5-7-14(8-6-13)16-10-4-11-19(16,17)18/h5-8,12,15H,3-4,9-11H2,1-2H3. The van der Waals surface area contributed by atoms with Crippen molar-refractivity contribution in [1.82, 2.24) is 5.32 Å². The number of anilines is 1. The van der Waals surface area contributed by atoms with Gasteiger partial charge in [0.05, 0.1) is 11.4 Å². The molecule has 0 bridgehead atoms. The molecule has 5 heteroatoms. The molecular formula is C14H22N2O2S. The van der Waals surface area contributed by atoms with Crippen LogP contribution in [0, 0.1) is 0 Å². The van der Waals surface area contributed by atoms with Gasteiger partial charge in [-0.3, -0.25) is 4.31 Å². The molecule has 0 aliphatic carbocycles. The van der Waals surface area contributed by atoms with E-state index in [0.717, 1.165) is 25.1 Å². The van der Waals surface area contributed by atoms with E-state index in [1.807, 2.05) is 24.3 Å². The SMILES string of the molecule is CCCNC(C)c1ccc(N2CCCS2(=O)=O)cc1. The quantitative estimate of drug-likeness (QED) is 0.901. The van der Waals surface area contributed by atoms with Gasteiger partial charge in [-0.05, 0) is 44.0 Å². The van der Waals surface area contributed by atoms with Crippen molar-refractivity contribution in [3.05, 3.63) is 29.8 Å². The predicted octanol–water partition coefficient (Wildman–Crippen LogP) is 2.29. The molecule has 19 heavy (non-hydrogen) atoms. The van der Waals surface area contributed by atoms with Gasteiger partial charge in [0.1, 0.15) is 0 Å². The summed E-state index contributed by atoms with van der Waals surface area (Å²) in [5.41, 5.74) is 1.97. The second-order valence-electron chi connectivity index (χ2n) is 5.01. The van der Waals surface area contributed by atoms with E-state index in [4.69, 9.17) is 0 Å². The van der Waals surface area contributed by atoms with Crippen molar-refractivity contribution in [2.45, 2.75) is 32.7 Å². The van der Waals surface area contributed by atoms with Crippen molar-refractivity contribution in [1.29, 1.82) is 0 Å². The van der Waals surface area contributed by atoms with Crippen LogP contribution in [0.5, 0.6) is 0 Å². The molecule has 4 nitrogen and oxygen atoms in total. The summed E-state index contributed by atoms with van der Waals surface area (Å²) in [7, 11) is -3.07. The van der Waals surface area contributed by atoms with Gasteiger partial charge < -0.3 is 5.32 Å². The maximum absolute atomic E-state index is 11.8. The Balaban J connectivity index is 2.10. The summed E-state index contributed by atoms with van der Waals surface area (Å²) in [5, 5.41) is 3.42. The number of hydrogen-bond donors (Lipinski definition) is 1. The molecule has 1 aromatic carbocycles. The van der Waals surface area contributed by atoms with E-state index in [1.165, 1.54) is 9.87 Å². The summed E-state index contributed by atoms with van der Waals surface area (Å²) in [6.07, 6.45) is 1.83. The normalized spacial score (nSPS) is 19.6. The second kappa shape index (κ2) is 5.92. The fourth-order valence-electron chi connectivity index (χ4n) is 2.34. The van der Waals surface area contributed by atoms with Gasteiger partial charge >= 0.3 is 0 Å². The van der Waals surface area contributed by atoms with Crippen LogP contribution in [0.2, 0.25) is 0 Å².